The minimum absolute atomic E-state index is 0.0784. The van der Waals surface area contributed by atoms with Crippen molar-refractivity contribution >= 4 is 27.8 Å². The van der Waals surface area contributed by atoms with E-state index < -0.39 is 22.1 Å². The largest absolute Gasteiger partial charge is 0.508 e. The second kappa shape index (κ2) is 10.3. The molecule has 0 aliphatic carbocycles. The maximum Gasteiger partial charge on any atom is 0.264 e. The number of hydrogen-bond donors (Lipinski definition) is 5. The molecule has 33 heavy (non-hydrogen) atoms. The summed E-state index contributed by atoms with van der Waals surface area (Å²) in [6.07, 6.45) is 1.05. The predicted molar refractivity (Wildman–Crippen MR) is 123 cm³/mol. The van der Waals surface area contributed by atoms with Crippen LogP contribution in [0.1, 0.15) is 24.0 Å². The number of carbonyl (C=O) groups excluding carboxylic acids is 2. The van der Waals surface area contributed by atoms with E-state index in [9.17, 15) is 23.1 Å². The van der Waals surface area contributed by atoms with Crippen LogP contribution in [0.25, 0.3) is 0 Å². The normalized spacial score (nSPS) is 19.0. The third kappa shape index (κ3) is 6.69. The first-order valence-electron chi connectivity index (χ1n) is 10.4. The summed E-state index contributed by atoms with van der Waals surface area (Å²) in [6, 6.07) is 11.3. The summed E-state index contributed by atoms with van der Waals surface area (Å²) in [6.45, 7) is 2.03. The van der Waals surface area contributed by atoms with Crippen LogP contribution in [0.15, 0.2) is 58.4 Å². The zero-order chi connectivity index (χ0) is 24.0. The van der Waals surface area contributed by atoms with Crippen molar-refractivity contribution in [3.05, 3.63) is 59.7 Å². The monoisotopic (exact) mass is 473 g/mol. The average Bonchev–Trinajstić information content (AvgIpc) is 2.76. The van der Waals surface area contributed by atoms with Gasteiger partial charge in [0.25, 0.3) is 10.0 Å². The zero-order valence-electron chi connectivity index (χ0n) is 18.1. The first-order chi connectivity index (χ1) is 15.6. The summed E-state index contributed by atoms with van der Waals surface area (Å²) in [5.41, 5.74) is 7.43. The van der Waals surface area contributed by atoms with Crippen LogP contribution < -0.4 is 21.1 Å². The van der Waals surface area contributed by atoms with Crippen LogP contribution in [0.4, 0.5) is 0 Å². The number of guanidine groups is 1. The molecule has 0 radical (unpaired) electrons. The van der Waals surface area contributed by atoms with Gasteiger partial charge < -0.3 is 21.5 Å². The van der Waals surface area contributed by atoms with Crippen molar-refractivity contribution < 1.29 is 23.1 Å². The van der Waals surface area contributed by atoms with Crippen molar-refractivity contribution in [2.75, 3.05) is 6.54 Å². The highest BCUT2D eigenvalue weighted by Gasteiger charge is 2.33. The number of aliphatic imine (C=N–C) groups is 1. The molecule has 0 saturated carbocycles. The summed E-state index contributed by atoms with van der Waals surface area (Å²) in [5, 5.41) is 14.8. The molecule has 2 aromatic rings. The van der Waals surface area contributed by atoms with E-state index >= 15 is 0 Å². The van der Waals surface area contributed by atoms with Gasteiger partial charge in [-0.25, -0.2) is 13.1 Å². The highest BCUT2D eigenvalue weighted by molar-refractivity contribution is 7.90. The molecule has 176 valence electrons. The van der Waals surface area contributed by atoms with Gasteiger partial charge in [0.15, 0.2) is 0 Å². The number of aryl methyl sites for hydroxylation is 1. The number of phenols is 1. The zero-order valence-corrected chi connectivity index (χ0v) is 18.9. The number of aromatic hydroxyl groups is 1. The second-order valence-electron chi connectivity index (χ2n) is 7.82. The Morgan fingerprint density at radius 1 is 1.03 bits per heavy atom. The number of carbonyl (C=O) groups is 2. The topological polar surface area (TPSA) is 163 Å². The molecular weight excluding hydrogens is 446 g/mol. The van der Waals surface area contributed by atoms with Gasteiger partial charge in [0, 0.05) is 13.0 Å². The summed E-state index contributed by atoms with van der Waals surface area (Å²) in [5.74, 6) is -0.708. The van der Waals surface area contributed by atoms with Gasteiger partial charge in [-0.3, -0.25) is 14.6 Å². The lowest BCUT2D eigenvalue weighted by molar-refractivity contribution is -0.136. The highest BCUT2D eigenvalue weighted by atomic mass is 32.2. The van der Waals surface area contributed by atoms with Gasteiger partial charge in [-0.15, -0.1) is 0 Å². The number of phenolic OH excluding ortho intramolecular Hbond substituents is 1. The van der Waals surface area contributed by atoms with E-state index in [0.717, 1.165) is 11.1 Å². The van der Waals surface area contributed by atoms with Crippen molar-refractivity contribution in [1.29, 1.82) is 0 Å². The molecule has 2 amide bonds. The molecule has 1 saturated heterocycles. The van der Waals surface area contributed by atoms with Gasteiger partial charge in [0.1, 0.15) is 17.8 Å². The van der Waals surface area contributed by atoms with E-state index in [4.69, 9.17) is 5.73 Å². The van der Waals surface area contributed by atoms with E-state index in [-0.39, 0.29) is 35.0 Å². The Hall–Kier alpha value is -3.60. The first-order valence-corrected chi connectivity index (χ1v) is 11.9. The minimum Gasteiger partial charge on any atom is -0.508 e. The minimum atomic E-state index is -3.83. The molecule has 10 nitrogen and oxygen atoms in total. The first kappa shape index (κ1) is 24.1. The lowest BCUT2D eigenvalue weighted by Crippen LogP contribution is -2.62. The fourth-order valence-electron chi connectivity index (χ4n) is 3.33. The molecule has 11 heteroatoms. The maximum atomic E-state index is 12.4. The van der Waals surface area contributed by atoms with Crippen molar-refractivity contribution in [2.24, 2.45) is 10.7 Å². The molecule has 1 fully saturated rings. The van der Waals surface area contributed by atoms with Crippen molar-refractivity contribution in [3.8, 4) is 5.75 Å². The Labute approximate surface area is 192 Å². The van der Waals surface area contributed by atoms with Crippen LogP contribution >= 0.6 is 0 Å². The summed E-state index contributed by atoms with van der Waals surface area (Å²) < 4.78 is 26.8. The summed E-state index contributed by atoms with van der Waals surface area (Å²) in [7, 11) is -3.83. The lowest BCUT2D eigenvalue weighted by Gasteiger charge is -2.29. The number of amides is 2. The quantitative estimate of drug-likeness (QED) is 0.210. The molecule has 6 N–H and O–H groups in total. The smallest absolute Gasteiger partial charge is 0.264 e. The van der Waals surface area contributed by atoms with E-state index in [1.54, 1.807) is 24.3 Å². The average molecular weight is 474 g/mol. The van der Waals surface area contributed by atoms with Gasteiger partial charge >= 0.3 is 0 Å². The molecule has 0 unspecified atom stereocenters. The van der Waals surface area contributed by atoms with Gasteiger partial charge in [-0.2, -0.15) is 0 Å². The molecule has 0 bridgehead atoms. The van der Waals surface area contributed by atoms with Crippen LogP contribution in [-0.2, 0) is 26.0 Å². The molecule has 2 atom stereocenters. The number of rotatable bonds is 8. The molecule has 3 rings (SSSR count). The second-order valence-corrected chi connectivity index (χ2v) is 9.50. The molecule has 0 aromatic heterocycles. The summed E-state index contributed by atoms with van der Waals surface area (Å²) >= 11 is 0. The Kier molecular flexibility index (Phi) is 7.54. The van der Waals surface area contributed by atoms with Crippen LogP contribution in [-0.4, -0.2) is 49.9 Å². The third-order valence-corrected chi connectivity index (χ3v) is 6.52. The Bertz CT molecular complexity index is 1130. The standard InChI is InChI=1S/C22H27N5O5S/c1-14-4-10-17(11-5-14)33(31,32)27-22(23)24-12-2-3-18-20(29)26-19(21(30)25-18)13-15-6-8-16(28)9-7-15/h4-11,18-19,28H,2-3,12-13H2,1H3,(H,25,30)(H,26,29)(H3,23,24,27)/t18-,19-/m0/s1. The molecule has 1 aliphatic rings. The van der Waals surface area contributed by atoms with Gasteiger partial charge in [-0.1, -0.05) is 29.8 Å². The van der Waals surface area contributed by atoms with Crippen molar-refractivity contribution in [2.45, 2.75) is 43.2 Å². The van der Waals surface area contributed by atoms with Crippen molar-refractivity contribution in [1.82, 2.24) is 15.4 Å². The van der Waals surface area contributed by atoms with Gasteiger partial charge in [-0.05, 0) is 49.6 Å². The number of benzene rings is 2. The van der Waals surface area contributed by atoms with Gasteiger partial charge in [0.05, 0.1) is 4.90 Å². The van der Waals surface area contributed by atoms with Crippen LogP contribution in [0.2, 0.25) is 0 Å². The Morgan fingerprint density at radius 3 is 2.30 bits per heavy atom. The fraction of sp³-hybridized carbons (Fsp3) is 0.318. The van der Waals surface area contributed by atoms with E-state index in [1.165, 1.54) is 24.3 Å². The molecule has 1 aliphatic heterocycles. The Balaban J connectivity index is 1.46. The third-order valence-electron chi connectivity index (χ3n) is 5.15. The number of nitrogens with one attached hydrogen (secondary N) is 3. The van der Waals surface area contributed by atoms with Gasteiger partial charge in [0.2, 0.25) is 17.8 Å². The number of sulfonamides is 1. The number of piperazine rings is 1. The SMILES string of the molecule is Cc1ccc(S(=O)(=O)NC(N)=NCCC[C@@H]2NC(=O)[C@H](Cc3ccc(O)cc3)NC2=O)cc1. The molecular formula is C22H27N5O5S. The predicted octanol–water partition coefficient (Wildman–Crippen LogP) is 0.300. The number of nitrogens with zero attached hydrogens (tertiary/aromatic N) is 1. The molecule has 2 aromatic carbocycles. The highest BCUT2D eigenvalue weighted by Crippen LogP contribution is 2.14. The fourth-order valence-corrected chi connectivity index (χ4v) is 4.28. The van der Waals surface area contributed by atoms with E-state index in [0.29, 0.717) is 19.3 Å². The number of hydrogen-bond acceptors (Lipinski definition) is 6. The summed E-state index contributed by atoms with van der Waals surface area (Å²) in [4.78, 5) is 28.8. The van der Waals surface area contributed by atoms with Crippen molar-refractivity contribution in [3.63, 3.8) is 0 Å². The Morgan fingerprint density at radius 2 is 1.64 bits per heavy atom. The van der Waals surface area contributed by atoms with E-state index in [1.807, 2.05) is 6.92 Å². The maximum absolute atomic E-state index is 12.4. The van der Waals surface area contributed by atoms with E-state index in [2.05, 4.69) is 20.3 Å². The van der Waals surface area contributed by atoms with Crippen LogP contribution in [0.3, 0.4) is 0 Å². The molecule has 0 spiro atoms. The van der Waals surface area contributed by atoms with Crippen LogP contribution in [0, 0.1) is 6.92 Å². The lowest BCUT2D eigenvalue weighted by atomic mass is 10.00. The number of nitrogens with two attached hydrogens (primary N) is 1. The molecule has 1 heterocycles. The van der Waals surface area contributed by atoms with Crippen LogP contribution in [0.5, 0.6) is 5.75 Å².